The van der Waals surface area contributed by atoms with Gasteiger partial charge in [-0.3, -0.25) is 0 Å². The van der Waals surface area contributed by atoms with Crippen LogP contribution in [0.2, 0.25) is 0 Å². The Balaban J connectivity index is 1.55. The second-order valence-electron chi connectivity index (χ2n) is 7.15. The Morgan fingerprint density at radius 3 is 2.29 bits per heavy atom. The maximum atomic E-state index is 5.92. The van der Waals surface area contributed by atoms with Crippen LogP contribution in [0.5, 0.6) is 0 Å². The zero-order valence-electron chi connectivity index (χ0n) is 12.0. The lowest BCUT2D eigenvalue weighted by Gasteiger charge is -2.59. The van der Waals surface area contributed by atoms with E-state index in [1.54, 1.807) is 0 Å². The molecule has 2 rings (SSSR count). The van der Waals surface area contributed by atoms with Crippen LogP contribution in [0.1, 0.15) is 47.0 Å². The fourth-order valence-electron chi connectivity index (χ4n) is 3.30. The second kappa shape index (κ2) is 5.27. The number of ether oxygens (including phenoxy) is 1. The van der Waals surface area contributed by atoms with E-state index in [2.05, 4.69) is 32.6 Å². The van der Waals surface area contributed by atoms with Gasteiger partial charge in [0, 0.05) is 31.7 Å². The van der Waals surface area contributed by atoms with Gasteiger partial charge in [-0.15, -0.1) is 0 Å². The predicted molar refractivity (Wildman–Crippen MR) is 72.1 cm³/mol. The Hall–Kier alpha value is -0.0800. The van der Waals surface area contributed by atoms with Crippen molar-refractivity contribution in [2.24, 2.45) is 17.3 Å². The van der Waals surface area contributed by atoms with Crippen molar-refractivity contribution >= 4 is 0 Å². The van der Waals surface area contributed by atoms with Crippen molar-refractivity contribution in [3.8, 4) is 0 Å². The Morgan fingerprint density at radius 2 is 1.76 bits per heavy atom. The molecule has 0 radical (unpaired) electrons. The van der Waals surface area contributed by atoms with Crippen molar-refractivity contribution < 1.29 is 4.74 Å². The average molecular weight is 239 g/mol. The lowest BCUT2D eigenvalue weighted by molar-refractivity contribution is -0.153. The first-order chi connectivity index (χ1) is 7.99. The smallest absolute Gasteiger partial charge is 0.0587 e. The van der Waals surface area contributed by atoms with Gasteiger partial charge in [-0.25, -0.2) is 0 Å². The van der Waals surface area contributed by atoms with Crippen LogP contribution in [-0.2, 0) is 4.74 Å². The molecular formula is C15H29NO. The minimum absolute atomic E-state index is 0.579. The summed E-state index contributed by atoms with van der Waals surface area (Å²) in [4.78, 5) is 2.61. The molecule has 0 aromatic carbocycles. The second-order valence-corrected chi connectivity index (χ2v) is 7.15. The number of rotatable bonds is 6. The molecule has 1 spiro atoms. The van der Waals surface area contributed by atoms with Crippen LogP contribution < -0.4 is 0 Å². The molecule has 2 nitrogen and oxygen atoms in total. The van der Waals surface area contributed by atoms with E-state index >= 15 is 0 Å². The molecule has 0 bridgehead atoms. The molecule has 0 amide bonds. The summed E-state index contributed by atoms with van der Waals surface area (Å²) in [6.45, 7) is 14.1. The van der Waals surface area contributed by atoms with E-state index in [0.29, 0.717) is 11.5 Å². The molecule has 100 valence electrons. The van der Waals surface area contributed by atoms with E-state index in [1.165, 1.54) is 38.9 Å². The third-order valence-corrected chi connectivity index (χ3v) is 4.11. The van der Waals surface area contributed by atoms with Gasteiger partial charge in [0.1, 0.15) is 0 Å². The number of hydrogen-bond donors (Lipinski definition) is 0. The Labute approximate surface area is 107 Å². The first-order valence-corrected chi connectivity index (χ1v) is 7.33. The molecule has 0 atom stereocenters. The molecule has 1 aliphatic heterocycles. The number of nitrogens with zero attached hydrogens (tertiary/aromatic N) is 1. The summed E-state index contributed by atoms with van der Waals surface area (Å²) in [5.74, 6) is 1.58. The van der Waals surface area contributed by atoms with Gasteiger partial charge in [-0.2, -0.15) is 0 Å². The van der Waals surface area contributed by atoms with E-state index in [-0.39, 0.29) is 0 Å². The molecule has 1 heterocycles. The minimum Gasteiger partial charge on any atom is -0.378 e. The summed E-state index contributed by atoms with van der Waals surface area (Å²) in [7, 11) is 0. The van der Waals surface area contributed by atoms with E-state index in [9.17, 15) is 0 Å². The molecule has 2 heteroatoms. The fraction of sp³-hybridized carbons (Fsp3) is 1.00. The van der Waals surface area contributed by atoms with Crippen molar-refractivity contribution in [3.63, 3.8) is 0 Å². The summed E-state index contributed by atoms with van der Waals surface area (Å²) in [5.41, 5.74) is 0.664. The first kappa shape index (κ1) is 13.4. The van der Waals surface area contributed by atoms with E-state index in [1.807, 2.05) is 0 Å². The van der Waals surface area contributed by atoms with Crippen molar-refractivity contribution in [1.82, 2.24) is 4.90 Å². The fourth-order valence-corrected chi connectivity index (χ4v) is 3.30. The van der Waals surface area contributed by atoms with Crippen LogP contribution in [0, 0.1) is 17.3 Å². The summed E-state index contributed by atoms with van der Waals surface area (Å²) < 4.78 is 5.92. The van der Waals surface area contributed by atoms with Crippen LogP contribution >= 0.6 is 0 Å². The van der Waals surface area contributed by atoms with Gasteiger partial charge in [-0.05, 0) is 31.1 Å². The van der Waals surface area contributed by atoms with Crippen molar-refractivity contribution in [1.29, 1.82) is 0 Å². The zero-order valence-corrected chi connectivity index (χ0v) is 12.0. The molecule has 0 unspecified atom stereocenters. The predicted octanol–water partition coefficient (Wildman–Crippen LogP) is 3.17. The van der Waals surface area contributed by atoms with Gasteiger partial charge in [-0.1, -0.05) is 27.7 Å². The van der Waals surface area contributed by atoms with E-state index < -0.39 is 0 Å². The highest BCUT2D eigenvalue weighted by molar-refractivity contribution is 5.05. The Bertz CT molecular complexity index is 235. The molecule has 0 aromatic heterocycles. The molecule has 0 aromatic rings. The molecule has 1 saturated carbocycles. The van der Waals surface area contributed by atoms with Crippen molar-refractivity contribution in [2.45, 2.75) is 53.1 Å². The molecule has 2 fully saturated rings. The van der Waals surface area contributed by atoms with Crippen molar-refractivity contribution in [3.05, 3.63) is 0 Å². The maximum Gasteiger partial charge on any atom is 0.0587 e. The van der Waals surface area contributed by atoms with Crippen LogP contribution in [0.3, 0.4) is 0 Å². The van der Waals surface area contributed by atoms with Gasteiger partial charge in [0.25, 0.3) is 0 Å². The normalized spacial score (nSPS) is 24.4. The molecule has 1 aliphatic carbocycles. The summed E-state index contributed by atoms with van der Waals surface area (Å²) in [6, 6.07) is 0. The van der Waals surface area contributed by atoms with Gasteiger partial charge < -0.3 is 9.64 Å². The molecule has 2 aliphatic rings. The van der Waals surface area contributed by atoms with Crippen LogP contribution in [0.25, 0.3) is 0 Å². The quantitative estimate of drug-likeness (QED) is 0.706. The number of likely N-dealkylation sites (tertiary alicyclic amines) is 1. The number of hydrogen-bond acceptors (Lipinski definition) is 2. The van der Waals surface area contributed by atoms with Gasteiger partial charge in [0.2, 0.25) is 0 Å². The SMILES string of the molecule is CC(C)CCOC1CC2(C1)CN(CC(C)C)C2. The Morgan fingerprint density at radius 1 is 1.12 bits per heavy atom. The van der Waals surface area contributed by atoms with Crippen LogP contribution in [-0.4, -0.2) is 37.2 Å². The summed E-state index contributed by atoms with van der Waals surface area (Å²) >= 11 is 0. The minimum atomic E-state index is 0.579. The maximum absolute atomic E-state index is 5.92. The lowest BCUT2D eigenvalue weighted by atomic mass is 9.61. The highest BCUT2D eigenvalue weighted by atomic mass is 16.5. The van der Waals surface area contributed by atoms with Gasteiger partial charge >= 0.3 is 0 Å². The summed E-state index contributed by atoms with van der Waals surface area (Å²) in [6.07, 6.45) is 4.43. The monoisotopic (exact) mass is 239 g/mol. The van der Waals surface area contributed by atoms with Gasteiger partial charge in [0.05, 0.1) is 6.10 Å². The molecule has 17 heavy (non-hydrogen) atoms. The van der Waals surface area contributed by atoms with Crippen molar-refractivity contribution in [2.75, 3.05) is 26.2 Å². The average Bonchev–Trinajstić information content (AvgIpc) is 2.08. The standard InChI is InChI=1S/C15H29NO/c1-12(2)5-6-17-14-7-15(8-14)10-16(11-15)9-13(3)4/h12-14H,5-11H2,1-4H3. The van der Waals surface area contributed by atoms with Crippen LogP contribution in [0.4, 0.5) is 0 Å². The van der Waals surface area contributed by atoms with Gasteiger partial charge in [0.15, 0.2) is 0 Å². The summed E-state index contributed by atoms with van der Waals surface area (Å²) in [5, 5.41) is 0. The Kier molecular flexibility index (Phi) is 4.14. The topological polar surface area (TPSA) is 12.5 Å². The van der Waals surface area contributed by atoms with E-state index in [0.717, 1.165) is 18.4 Å². The van der Waals surface area contributed by atoms with E-state index in [4.69, 9.17) is 4.74 Å². The largest absolute Gasteiger partial charge is 0.378 e. The highest BCUT2D eigenvalue weighted by Crippen LogP contribution is 2.49. The first-order valence-electron chi connectivity index (χ1n) is 7.33. The third kappa shape index (κ3) is 3.45. The lowest BCUT2D eigenvalue weighted by Crippen LogP contribution is -2.64. The zero-order chi connectivity index (χ0) is 12.5. The third-order valence-electron chi connectivity index (χ3n) is 4.11. The van der Waals surface area contributed by atoms with Crippen LogP contribution in [0.15, 0.2) is 0 Å². The molecular weight excluding hydrogens is 210 g/mol. The molecule has 1 saturated heterocycles. The highest BCUT2D eigenvalue weighted by Gasteiger charge is 2.52. The molecule has 0 N–H and O–H groups in total.